The molecule has 5 heteroatoms. The van der Waals surface area contributed by atoms with Crippen LogP contribution in [-0.2, 0) is 9.59 Å². The lowest BCUT2D eigenvalue weighted by atomic mass is 9.96. The maximum atomic E-state index is 11.7. The quantitative estimate of drug-likeness (QED) is 0.739. The number of β-amino-alcohol motifs (C(OH)–C–C–N with tert-alkyl or cyclic N) is 1. The second-order valence-electron chi connectivity index (χ2n) is 5.54. The van der Waals surface area contributed by atoms with Crippen molar-refractivity contribution in [3.8, 4) is 0 Å². The summed E-state index contributed by atoms with van der Waals surface area (Å²) < 4.78 is 0. The summed E-state index contributed by atoms with van der Waals surface area (Å²) in [6.45, 7) is 6.91. The molecule has 0 spiro atoms. The van der Waals surface area contributed by atoms with Crippen LogP contribution in [0.25, 0.3) is 0 Å². The van der Waals surface area contributed by atoms with Crippen molar-refractivity contribution in [3.05, 3.63) is 0 Å². The largest absolute Gasteiger partial charge is 0.391 e. The molecule has 5 nitrogen and oxygen atoms in total. The molecule has 1 heterocycles. The molecule has 0 bridgehead atoms. The summed E-state index contributed by atoms with van der Waals surface area (Å²) in [7, 11) is 0. The van der Waals surface area contributed by atoms with E-state index in [4.69, 9.17) is 0 Å². The Bertz CT molecular complexity index is 297. The Morgan fingerprint density at radius 3 is 2.53 bits per heavy atom. The molecule has 1 atom stereocenters. The summed E-state index contributed by atoms with van der Waals surface area (Å²) in [4.78, 5) is 24.9. The number of carbonyl (C=O) groups excluding carboxylic acids is 2. The Hall–Kier alpha value is -1.10. The predicted octanol–water partition coefficient (Wildman–Crippen LogP) is 0.132. The summed E-state index contributed by atoms with van der Waals surface area (Å²) in [5, 5.41) is 12.0. The van der Waals surface area contributed by atoms with E-state index in [9.17, 15) is 14.7 Å². The number of nitrogens with one attached hydrogen (secondary N) is 1. The molecule has 2 amide bonds. The van der Waals surface area contributed by atoms with Gasteiger partial charge in [0.05, 0.1) is 6.10 Å². The highest BCUT2D eigenvalue weighted by Gasteiger charge is 2.25. The van der Waals surface area contributed by atoms with Crippen molar-refractivity contribution in [1.82, 2.24) is 10.2 Å². The first-order valence-electron chi connectivity index (χ1n) is 6.05. The van der Waals surface area contributed by atoms with Crippen LogP contribution in [0.15, 0.2) is 0 Å². The van der Waals surface area contributed by atoms with Crippen LogP contribution in [0.5, 0.6) is 0 Å². The summed E-state index contributed by atoms with van der Waals surface area (Å²) in [5.74, 6) is -0.0532. The van der Waals surface area contributed by atoms with Crippen molar-refractivity contribution in [2.45, 2.75) is 39.7 Å². The van der Waals surface area contributed by atoms with Crippen LogP contribution in [-0.4, -0.2) is 47.6 Å². The van der Waals surface area contributed by atoms with Crippen molar-refractivity contribution in [3.63, 3.8) is 0 Å². The second kappa shape index (κ2) is 5.49. The molecule has 1 rings (SSSR count). The minimum Gasteiger partial charge on any atom is -0.391 e. The lowest BCUT2D eigenvalue weighted by Gasteiger charge is -2.19. The van der Waals surface area contributed by atoms with Gasteiger partial charge in [0.1, 0.15) is 0 Å². The van der Waals surface area contributed by atoms with Crippen molar-refractivity contribution >= 4 is 11.8 Å². The molecule has 1 unspecified atom stereocenters. The van der Waals surface area contributed by atoms with E-state index in [-0.39, 0.29) is 17.9 Å². The molecular weight excluding hydrogens is 220 g/mol. The zero-order chi connectivity index (χ0) is 13.1. The van der Waals surface area contributed by atoms with Crippen LogP contribution in [0.3, 0.4) is 0 Å². The van der Waals surface area contributed by atoms with Gasteiger partial charge in [-0.05, 0) is 6.42 Å². The van der Waals surface area contributed by atoms with Gasteiger partial charge in [-0.3, -0.25) is 9.59 Å². The fraction of sp³-hybridized carbons (Fsp3) is 0.833. The van der Waals surface area contributed by atoms with Crippen LogP contribution in [0.2, 0.25) is 0 Å². The molecule has 0 radical (unpaired) electrons. The van der Waals surface area contributed by atoms with E-state index in [1.807, 2.05) is 20.8 Å². The molecule has 1 aliphatic rings. The van der Waals surface area contributed by atoms with Crippen molar-refractivity contribution in [1.29, 1.82) is 0 Å². The predicted molar refractivity (Wildman–Crippen MR) is 64.3 cm³/mol. The first-order valence-corrected chi connectivity index (χ1v) is 6.05. The topological polar surface area (TPSA) is 69.6 Å². The maximum absolute atomic E-state index is 11.7. The molecule has 17 heavy (non-hydrogen) atoms. The first-order chi connectivity index (χ1) is 7.80. The molecule has 2 N–H and O–H groups in total. The average Bonchev–Trinajstić information content (AvgIpc) is 2.63. The molecular formula is C12H22N2O3. The number of likely N-dealkylation sites (tertiary alicyclic amines) is 1. The van der Waals surface area contributed by atoms with Gasteiger partial charge in [-0.1, -0.05) is 20.8 Å². The fourth-order valence-corrected chi connectivity index (χ4v) is 1.67. The van der Waals surface area contributed by atoms with Gasteiger partial charge in [0, 0.05) is 31.5 Å². The molecule has 0 saturated carbocycles. The van der Waals surface area contributed by atoms with Crippen molar-refractivity contribution < 1.29 is 14.7 Å². The third kappa shape index (κ3) is 4.34. The highest BCUT2D eigenvalue weighted by Crippen LogP contribution is 2.13. The normalized spacial score (nSPS) is 20.5. The first kappa shape index (κ1) is 14.0. The van der Waals surface area contributed by atoms with Gasteiger partial charge in [0.25, 0.3) is 0 Å². The number of hydrogen-bond acceptors (Lipinski definition) is 3. The Kier molecular flexibility index (Phi) is 4.51. The van der Waals surface area contributed by atoms with Gasteiger partial charge in [0.2, 0.25) is 11.8 Å². The van der Waals surface area contributed by atoms with Gasteiger partial charge in [-0.2, -0.15) is 0 Å². The van der Waals surface area contributed by atoms with E-state index >= 15 is 0 Å². The number of aliphatic hydroxyl groups excluding tert-OH is 1. The van der Waals surface area contributed by atoms with Gasteiger partial charge >= 0.3 is 0 Å². The fourth-order valence-electron chi connectivity index (χ4n) is 1.67. The molecule has 1 aliphatic heterocycles. The van der Waals surface area contributed by atoms with E-state index in [1.54, 1.807) is 4.90 Å². The molecule has 0 aromatic heterocycles. The number of nitrogens with zero attached hydrogens (tertiary/aromatic N) is 1. The average molecular weight is 242 g/mol. The number of carbonyl (C=O) groups is 2. The lowest BCUT2D eigenvalue weighted by Crippen LogP contribution is -2.38. The van der Waals surface area contributed by atoms with Crippen LogP contribution in [0, 0.1) is 5.41 Å². The zero-order valence-electron chi connectivity index (χ0n) is 10.8. The zero-order valence-corrected chi connectivity index (χ0v) is 10.8. The second-order valence-corrected chi connectivity index (χ2v) is 5.54. The number of amides is 2. The molecule has 0 aromatic rings. The maximum Gasteiger partial charge on any atom is 0.225 e. The van der Waals surface area contributed by atoms with Gasteiger partial charge in [-0.25, -0.2) is 0 Å². The monoisotopic (exact) mass is 242 g/mol. The highest BCUT2D eigenvalue weighted by atomic mass is 16.3. The van der Waals surface area contributed by atoms with Crippen LogP contribution in [0.4, 0.5) is 0 Å². The van der Waals surface area contributed by atoms with Crippen molar-refractivity contribution in [2.24, 2.45) is 5.41 Å². The minimum atomic E-state index is -0.424. The summed E-state index contributed by atoms with van der Waals surface area (Å²) in [6, 6.07) is 0. The Balaban J connectivity index is 2.23. The van der Waals surface area contributed by atoms with E-state index in [0.29, 0.717) is 32.5 Å². The highest BCUT2D eigenvalue weighted by molar-refractivity contribution is 5.82. The smallest absolute Gasteiger partial charge is 0.225 e. The SMILES string of the molecule is CC(C)(C)C(=O)NCCC(=O)N1CCC(O)C1. The van der Waals surface area contributed by atoms with Crippen LogP contribution >= 0.6 is 0 Å². The molecule has 1 saturated heterocycles. The number of hydrogen-bond donors (Lipinski definition) is 2. The van der Waals surface area contributed by atoms with E-state index in [1.165, 1.54) is 0 Å². The van der Waals surface area contributed by atoms with Gasteiger partial charge in [-0.15, -0.1) is 0 Å². The minimum absolute atomic E-state index is 0.00393. The summed E-state index contributed by atoms with van der Waals surface area (Å²) in [6.07, 6.45) is 0.567. The van der Waals surface area contributed by atoms with E-state index < -0.39 is 5.41 Å². The molecule has 0 aromatic carbocycles. The van der Waals surface area contributed by atoms with E-state index in [0.717, 1.165) is 0 Å². The summed E-state index contributed by atoms with van der Waals surface area (Å²) in [5.41, 5.74) is -0.424. The van der Waals surface area contributed by atoms with Gasteiger partial charge in [0.15, 0.2) is 0 Å². The van der Waals surface area contributed by atoms with E-state index in [2.05, 4.69) is 5.32 Å². The Morgan fingerprint density at radius 2 is 2.06 bits per heavy atom. The number of rotatable bonds is 3. The third-order valence-corrected chi connectivity index (χ3v) is 2.82. The molecule has 0 aliphatic carbocycles. The standard InChI is InChI=1S/C12H22N2O3/c1-12(2,3)11(17)13-6-4-10(16)14-7-5-9(15)8-14/h9,15H,4-8H2,1-3H3,(H,13,17). The lowest BCUT2D eigenvalue weighted by molar-refractivity contribution is -0.131. The van der Waals surface area contributed by atoms with Crippen LogP contribution < -0.4 is 5.32 Å². The Morgan fingerprint density at radius 1 is 1.41 bits per heavy atom. The summed E-state index contributed by atoms with van der Waals surface area (Å²) >= 11 is 0. The Labute approximate surface area is 102 Å². The van der Waals surface area contributed by atoms with Crippen LogP contribution in [0.1, 0.15) is 33.6 Å². The van der Waals surface area contributed by atoms with Crippen molar-refractivity contribution in [2.75, 3.05) is 19.6 Å². The number of aliphatic hydroxyl groups is 1. The van der Waals surface area contributed by atoms with Gasteiger partial charge < -0.3 is 15.3 Å². The third-order valence-electron chi connectivity index (χ3n) is 2.82. The molecule has 1 fully saturated rings. The molecule has 98 valence electrons.